The number of fused-ring (bicyclic) bond motifs is 2. The molecule has 150 valence electrons. The molecule has 3 heterocycles. The van der Waals surface area contributed by atoms with Gasteiger partial charge in [-0.2, -0.15) is 4.98 Å². The Bertz CT molecular complexity index is 1360. The van der Waals surface area contributed by atoms with Gasteiger partial charge in [-0.05, 0) is 36.3 Å². The van der Waals surface area contributed by atoms with E-state index in [-0.39, 0.29) is 12.1 Å². The van der Waals surface area contributed by atoms with Crippen molar-refractivity contribution in [2.45, 2.75) is 25.8 Å². The highest BCUT2D eigenvalue weighted by Gasteiger charge is 2.55. The van der Waals surface area contributed by atoms with Crippen molar-refractivity contribution in [1.82, 2.24) is 29.2 Å². The lowest BCUT2D eigenvalue weighted by Gasteiger charge is -2.06. The molecule has 0 aliphatic heterocycles. The Hall–Kier alpha value is -3.55. The molecule has 1 fully saturated rings. The van der Waals surface area contributed by atoms with E-state index in [9.17, 15) is 4.79 Å². The van der Waals surface area contributed by atoms with Crippen LogP contribution in [0.5, 0.6) is 0 Å². The summed E-state index contributed by atoms with van der Waals surface area (Å²) in [6.07, 6.45) is 6.46. The molecule has 0 bridgehead atoms. The predicted octanol–water partition coefficient (Wildman–Crippen LogP) is 2.69. The van der Waals surface area contributed by atoms with Gasteiger partial charge in [0.15, 0.2) is 17.0 Å². The summed E-state index contributed by atoms with van der Waals surface area (Å²) in [5.74, 6) is 2.49. The average molecular weight is 400 g/mol. The normalized spacial score (nSPS) is 22.3. The number of allylic oxidation sites excluding steroid dienone is 2. The van der Waals surface area contributed by atoms with Crippen molar-refractivity contribution in [2.24, 2.45) is 18.9 Å². The molecule has 1 aromatic carbocycles. The average Bonchev–Trinajstić information content (AvgIpc) is 3.16. The van der Waals surface area contributed by atoms with Gasteiger partial charge in [-0.25, -0.2) is 9.97 Å². The van der Waals surface area contributed by atoms with Gasteiger partial charge in [0, 0.05) is 13.0 Å². The van der Waals surface area contributed by atoms with Gasteiger partial charge in [0.2, 0.25) is 5.89 Å². The van der Waals surface area contributed by atoms with Crippen LogP contribution in [0.15, 0.2) is 52.3 Å². The zero-order chi connectivity index (χ0) is 20.4. The van der Waals surface area contributed by atoms with Crippen molar-refractivity contribution in [3.05, 3.63) is 76.2 Å². The van der Waals surface area contributed by atoms with Gasteiger partial charge in [0.05, 0.1) is 6.33 Å². The smallest absolute Gasteiger partial charge is 0.280 e. The molecular weight excluding hydrogens is 380 g/mol. The number of nitrogens with zero attached hydrogens (tertiary/aromatic N) is 6. The molecule has 0 radical (unpaired) electrons. The van der Waals surface area contributed by atoms with Gasteiger partial charge in [-0.15, -0.1) is 0 Å². The molecule has 2 aliphatic carbocycles. The molecule has 0 N–H and O–H groups in total. The molecule has 30 heavy (non-hydrogen) atoms. The highest BCUT2D eigenvalue weighted by Crippen LogP contribution is 2.62. The number of hydrogen-bond donors (Lipinski definition) is 0. The van der Waals surface area contributed by atoms with Crippen LogP contribution in [-0.2, 0) is 13.6 Å². The second-order valence-corrected chi connectivity index (χ2v) is 8.28. The van der Waals surface area contributed by atoms with Crippen molar-refractivity contribution in [3.63, 3.8) is 0 Å². The van der Waals surface area contributed by atoms with Crippen molar-refractivity contribution in [1.29, 1.82) is 0 Å². The van der Waals surface area contributed by atoms with Crippen LogP contribution in [0.2, 0.25) is 0 Å². The molecule has 0 unspecified atom stereocenters. The summed E-state index contributed by atoms with van der Waals surface area (Å²) >= 11 is 0. The zero-order valence-corrected chi connectivity index (χ0v) is 16.7. The van der Waals surface area contributed by atoms with E-state index < -0.39 is 0 Å². The SMILES string of the molecule is Cc1ccc(C2=C[C@@H]3[C@H](C2)[C@H]3c2noc(Cn3cnc4ncn(C)c4c3=O)n2)cc1. The van der Waals surface area contributed by atoms with Crippen LogP contribution in [0.25, 0.3) is 16.7 Å². The molecule has 1 saturated carbocycles. The van der Waals surface area contributed by atoms with Gasteiger partial charge in [0.25, 0.3) is 5.56 Å². The number of aryl methyl sites for hydroxylation is 2. The highest BCUT2D eigenvalue weighted by molar-refractivity contribution is 5.71. The maximum atomic E-state index is 12.7. The molecule has 0 amide bonds. The summed E-state index contributed by atoms with van der Waals surface area (Å²) in [7, 11) is 1.78. The lowest BCUT2D eigenvalue weighted by atomic mass is 10.00. The molecule has 2 aliphatic rings. The van der Waals surface area contributed by atoms with E-state index >= 15 is 0 Å². The predicted molar refractivity (Wildman–Crippen MR) is 110 cm³/mol. The van der Waals surface area contributed by atoms with Gasteiger partial charge in [-0.1, -0.05) is 41.1 Å². The molecular formula is C22H20N6O2. The maximum Gasteiger partial charge on any atom is 0.280 e. The number of aromatic nitrogens is 6. The Kier molecular flexibility index (Phi) is 3.59. The number of benzene rings is 1. The standard InChI is InChI=1S/C22H20N6O2/c1-12-3-5-13(6-4-12)14-7-15-16(8-14)18(15)20-25-17(30-26-20)9-28-11-24-21-19(22(28)29)27(2)10-23-21/h3-7,10-11,15-16,18H,8-9H2,1-2H3/t15-,16+,18+/m1/s1. The second kappa shape index (κ2) is 6.22. The third-order valence-corrected chi connectivity index (χ3v) is 6.29. The molecule has 6 rings (SSSR count). The van der Waals surface area contributed by atoms with Crippen molar-refractivity contribution in [2.75, 3.05) is 0 Å². The number of imidazole rings is 1. The summed E-state index contributed by atoms with van der Waals surface area (Å²) in [6, 6.07) is 8.70. The molecule has 3 aromatic heterocycles. The van der Waals surface area contributed by atoms with Crippen molar-refractivity contribution >= 4 is 16.7 Å². The van der Waals surface area contributed by atoms with Crippen molar-refractivity contribution < 1.29 is 4.52 Å². The molecule has 8 heteroatoms. The minimum atomic E-state index is -0.172. The van der Waals surface area contributed by atoms with E-state index in [1.165, 1.54) is 27.6 Å². The summed E-state index contributed by atoms with van der Waals surface area (Å²) in [5.41, 5.74) is 4.71. The van der Waals surface area contributed by atoms with E-state index in [4.69, 9.17) is 4.52 Å². The molecule has 0 saturated heterocycles. The molecule has 3 atom stereocenters. The van der Waals surface area contributed by atoms with E-state index in [1.807, 2.05) is 0 Å². The summed E-state index contributed by atoms with van der Waals surface area (Å²) in [6.45, 7) is 2.31. The summed E-state index contributed by atoms with van der Waals surface area (Å²) in [5, 5.41) is 4.20. The van der Waals surface area contributed by atoms with Gasteiger partial charge < -0.3 is 9.09 Å². The lowest BCUT2D eigenvalue weighted by molar-refractivity contribution is 0.364. The zero-order valence-electron chi connectivity index (χ0n) is 16.7. The van der Waals surface area contributed by atoms with E-state index in [0.29, 0.717) is 34.8 Å². The van der Waals surface area contributed by atoms with Crippen LogP contribution in [0.4, 0.5) is 0 Å². The fourth-order valence-corrected chi connectivity index (χ4v) is 4.59. The first kappa shape index (κ1) is 17.3. The third-order valence-electron chi connectivity index (χ3n) is 6.29. The Labute approximate surface area is 171 Å². The minimum absolute atomic E-state index is 0.172. The van der Waals surface area contributed by atoms with Gasteiger partial charge in [-0.3, -0.25) is 9.36 Å². The fourth-order valence-electron chi connectivity index (χ4n) is 4.59. The van der Waals surface area contributed by atoms with Gasteiger partial charge >= 0.3 is 0 Å². The van der Waals surface area contributed by atoms with E-state index in [2.05, 4.69) is 57.4 Å². The minimum Gasteiger partial charge on any atom is -0.337 e. The Morgan fingerprint density at radius 1 is 1.17 bits per heavy atom. The Balaban J connectivity index is 1.20. The third kappa shape index (κ3) is 2.63. The molecule has 0 spiro atoms. The van der Waals surface area contributed by atoms with E-state index in [0.717, 1.165) is 12.2 Å². The molecule has 4 aromatic rings. The van der Waals surface area contributed by atoms with Crippen LogP contribution in [0.1, 0.15) is 35.2 Å². The van der Waals surface area contributed by atoms with Crippen LogP contribution in [-0.4, -0.2) is 29.2 Å². The van der Waals surface area contributed by atoms with Crippen LogP contribution in [0, 0.1) is 18.8 Å². The largest absolute Gasteiger partial charge is 0.337 e. The first-order valence-corrected chi connectivity index (χ1v) is 10.0. The maximum absolute atomic E-state index is 12.7. The van der Waals surface area contributed by atoms with E-state index in [1.54, 1.807) is 17.9 Å². The summed E-state index contributed by atoms with van der Waals surface area (Å²) < 4.78 is 8.59. The second-order valence-electron chi connectivity index (χ2n) is 8.28. The monoisotopic (exact) mass is 400 g/mol. The van der Waals surface area contributed by atoms with Gasteiger partial charge in [0.1, 0.15) is 12.9 Å². The quantitative estimate of drug-likeness (QED) is 0.523. The topological polar surface area (TPSA) is 91.6 Å². The van der Waals surface area contributed by atoms with Crippen LogP contribution in [0.3, 0.4) is 0 Å². The highest BCUT2D eigenvalue weighted by atomic mass is 16.5. The molecule has 8 nitrogen and oxygen atoms in total. The Morgan fingerprint density at radius 3 is 2.73 bits per heavy atom. The lowest BCUT2D eigenvalue weighted by Crippen LogP contribution is -2.22. The number of rotatable bonds is 4. The summed E-state index contributed by atoms with van der Waals surface area (Å²) in [4.78, 5) is 25.6. The fraction of sp³-hybridized carbons (Fsp3) is 0.318. The van der Waals surface area contributed by atoms with Crippen LogP contribution >= 0.6 is 0 Å². The van der Waals surface area contributed by atoms with Crippen LogP contribution < -0.4 is 5.56 Å². The first-order valence-electron chi connectivity index (χ1n) is 10.0. The van der Waals surface area contributed by atoms with Crippen molar-refractivity contribution in [3.8, 4) is 0 Å². The first-order chi connectivity index (χ1) is 14.6. The Morgan fingerprint density at radius 2 is 1.97 bits per heavy atom. The number of hydrogen-bond acceptors (Lipinski definition) is 6.